The Balaban J connectivity index is 2.25. The Morgan fingerprint density at radius 2 is 1.90 bits per heavy atom. The van der Waals surface area contributed by atoms with Crippen LogP contribution in [0.2, 0.25) is 0 Å². The Kier molecular flexibility index (Phi) is 3.47. The molecule has 3 N–H and O–H groups in total. The van der Waals surface area contributed by atoms with Crippen molar-refractivity contribution < 1.29 is 4.39 Å². The Hall–Kier alpha value is -2.20. The van der Waals surface area contributed by atoms with Crippen LogP contribution >= 0.6 is 12.2 Å². The highest BCUT2D eigenvalue weighted by atomic mass is 32.1. The summed E-state index contributed by atoms with van der Waals surface area (Å²) in [7, 11) is 0. The number of nitrogens with one attached hydrogen (secondary N) is 1. The molecule has 0 aliphatic carbocycles. The van der Waals surface area contributed by atoms with Gasteiger partial charge in [0.2, 0.25) is 0 Å². The van der Waals surface area contributed by atoms with Crippen molar-refractivity contribution in [1.29, 1.82) is 0 Å². The van der Waals surface area contributed by atoms with Gasteiger partial charge in [-0.15, -0.1) is 0 Å². The maximum absolute atomic E-state index is 13.5. The molecule has 21 heavy (non-hydrogen) atoms. The van der Waals surface area contributed by atoms with Gasteiger partial charge in [0.25, 0.3) is 0 Å². The fourth-order valence-corrected chi connectivity index (χ4v) is 2.76. The maximum Gasteiger partial charge on any atom is 0.123 e. The van der Waals surface area contributed by atoms with E-state index in [1.807, 2.05) is 12.1 Å². The van der Waals surface area contributed by atoms with Crippen molar-refractivity contribution in [3.8, 4) is 11.3 Å². The second-order valence-corrected chi connectivity index (χ2v) is 5.42. The molecule has 0 unspecified atom stereocenters. The van der Waals surface area contributed by atoms with E-state index in [1.54, 1.807) is 6.07 Å². The number of halogens is 1. The Bertz CT molecular complexity index is 819. The molecule has 0 aliphatic rings. The van der Waals surface area contributed by atoms with Gasteiger partial charge in [0.15, 0.2) is 0 Å². The molecule has 4 heteroatoms. The highest BCUT2D eigenvalue weighted by Crippen LogP contribution is 2.31. The van der Waals surface area contributed by atoms with Crippen molar-refractivity contribution in [3.05, 3.63) is 59.4 Å². The van der Waals surface area contributed by atoms with Crippen LogP contribution in [0.5, 0.6) is 0 Å². The monoisotopic (exact) mass is 298 g/mol. The number of thiocarbonyl (C=S) groups is 1. The lowest BCUT2D eigenvalue weighted by atomic mass is 10.0. The molecule has 0 saturated carbocycles. The summed E-state index contributed by atoms with van der Waals surface area (Å²) < 4.78 is 13.5. The summed E-state index contributed by atoms with van der Waals surface area (Å²) in [6.45, 7) is 2.11. The van der Waals surface area contributed by atoms with Gasteiger partial charge < -0.3 is 10.7 Å². The number of benzene rings is 2. The van der Waals surface area contributed by atoms with Gasteiger partial charge in [-0.2, -0.15) is 0 Å². The van der Waals surface area contributed by atoms with Gasteiger partial charge in [-0.3, -0.25) is 0 Å². The minimum absolute atomic E-state index is 0.265. The predicted octanol–water partition coefficient (Wildman–Crippen LogP) is 4.17. The first-order valence-electron chi connectivity index (χ1n) is 6.80. The molecule has 2 aromatic carbocycles. The average Bonchev–Trinajstić information content (AvgIpc) is 2.86. The number of aryl methyl sites for hydroxylation is 1. The summed E-state index contributed by atoms with van der Waals surface area (Å²) in [5.41, 5.74) is 10.5. The summed E-state index contributed by atoms with van der Waals surface area (Å²) in [5, 5.41) is 0.720. The van der Waals surface area contributed by atoms with Crippen LogP contribution in [0, 0.1) is 5.82 Å². The number of aromatic amines is 1. The van der Waals surface area contributed by atoms with Crippen LogP contribution in [0.3, 0.4) is 0 Å². The van der Waals surface area contributed by atoms with Gasteiger partial charge in [0.1, 0.15) is 10.8 Å². The van der Waals surface area contributed by atoms with Crippen molar-refractivity contribution in [2.45, 2.75) is 13.3 Å². The molecule has 3 aromatic rings. The third-order valence-electron chi connectivity index (χ3n) is 3.66. The van der Waals surface area contributed by atoms with Crippen molar-refractivity contribution >= 4 is 28.1 Å². The van der Waals surface area contributed by atoms with Crippen LogP contribution in [0.4, 0.5) is 4.39 Å². The number of H-pyrrole nitrogens is 1. The molecule has 2 nitrogen and oxygen atoms in total. The normalized spacial score (nSPS) is 11.0. The highest BCUT2D eigenvalue weighted by Gasteiger charge is 2.15. The summed E-state index contributed by atoms with van der Waals surface area (Å²) in [5.74, 6) is -0.299. The largest absolute Gasteiger partial charge is 0.389 e. The van der Waals surface area contributed by atoms with Gasteiger partial charge in [-0.05, 0) is 35.7 Å². The molecule has 1 heterocycles. The molecular formula is C17H15FN2S. The predicted molar refractivity (Wildman–Crippen MR) is 89.0 cm³/mol. The molecular weight excluding hydrogens is 283 g/mol. The molecule has 1 aromatic heterocycles. The number of hydrogen-bond acceptors (Lipinski definition) is 1. The lowest BCUT2D eigenvalue weighted by Gasteiger charge is -2.04. The van der Waals surface area contributed by atoms with Crippen molar-refractivity contribution in [2.75, 3.05) is 0 Å². The second kappa shape index (κ2) is 5.30. The number of aromatic nitrogens is 1. The summed E-state index contributed by atoms with van der Waals surface area (Å²) >= 11 is 5.16. The minimum Gasteiger partial charge on any atom is -0.389 e. The van der Waals surface area contributed by atoms with Gasteiger partial charge >= 0.3 is 0 Å². The standard InChI is InChI=1S/C17H15FN2S/c1-2-10-3-5-11(6-4-10)16-15(17(19)21)13-9-12(18)7-8-14(13)20-16/h3-9,20H,2H2,1H3,(H2,19,21). The summed E-state index contributed by atoms with van der Waals surface area (Å²) in [6, 6.07) is 12.8. The van der Waals surface area contributed by atoms with Gasteiger partial charge in [0, 0.05) is 16.5 Å². The zero-order chi connectivity index (χ0) is 15.0. The van der Waals surface area contributed by atoms with E-state index >= 15 is 0 Å². The third kappa shape index (κ3) is 2.43. The third-order valence-corrected chi connectivity index (χ3v) is 3.86. The van der Waals surface area contributed by atoms with E-state index in [4.69, 9.17) is 18.0 Å². The Morgan fingerprint density at radius 1 is 1.19 bits per heavy atom. The SMILES string of the molecule is CCc1ccc(-c2[nH]c3ccc(F)cc3c2C(N)=S)cc1. The Labute approximate surface area is 127 Å². The number of fused-ring (bicyclic) bond motifs is 1. The van der Waals surface area contributed by atoms with Crippen LogP contribution in [0.15, 0.2) is 42.5 Å². The fraction of sp³-hybridized carbons (Fsp3) is 0.118. The highest BCUT2D eigenvalue weighted by molar-refractivity contribution is 7.80. The van der Waals surface area contributed by atoms with E-state index in [1.165, 1.54) is 17.7 Å². The average molecular weight is 298 g/mol. The lowest BCUT2D eigenvalue weighted by Crippen LogP contribution is -2.10. The Morgan fingerprint density at radius 3 is 2.52 bits per heavy atom. The molecule has 0 aliphatic heterocycles. The fourth-order valence-electron chi connectivity index (χ4n) is 2.54. The van der Waals surface area contributed by atoms with E-state index in [2.05, 4.69) is 24.0 Å². The van der Waals surface area contributed by atoms with Gasteiger partial charge in [-0.25, -0.2) is 4.39 Å². The van der Waals surface area contributed by atoms with E-state index < -0.39 is 0 Å². The molecule has 0 spiro atoms. The number of hydrogen-bond donors (Lipinski definition) is 2. The van der Waals surface area contributed by atoms with Crippen LogP contribution in [0.25, 0.3) is 22.2 Å². The van der Waals surface area contributed by atoms with E-state index in [-0.39, 0.29) is 10.8 Å². The molecule has 0 fully saturated rings. The molecule has 0 atom stereocenters. The van der Waals surface area contributed by atoms with Gasteiger partial charge in [0.05, 0.1) is 5.69 Å². The number of nitrogens with two attached hydrogens (primary N) is 1. The molecule has 3 rings (SSSR count). The summed E-state index contributed by atoms with van der Waals surface area (Å²) in [6.07, 6.45) is 0.986. The first-order valence-corrected chi connectivity index (χ1v) is 7.21. The van der Waals surface area contributed by atoms with Crippen molar-refractivity contribution in [1.82, 2.24) is 4.98 Å². The van der Waals surface area contributed by atoms with E-state index in [9.17, 15) is 4.39 Å². The second-order valence-electron chi connectivity index (χ2n) is 4.98. The van der Waals surface area contributed by atoms with Crippen LogP contribution < -0.4 is 5.73 Å². The van der Waals surface area contributed by atoms with Gasteiger partial charge in [-0.1, -0.05) is 43.4 Å². The molecule has 0 bridgehead atoms. The lowest BCUT2D eigenvalue weighted by molar-refractivity contribution is 0.629. The van der Waals surface area contributed by atoms with Crippen molar-refractivity contribution in [3.63, 3.8) is 0 Å². The summed E-state index contributed by atoms with van der Waals surface area (Å²) in [4.78, 5) is 3.56. The zero-order valence-corrected chi connectivity index (χ0v) is 12.4. The van der Waals surface area contributed by atoms with Crippen LogP contribution in [-0.4, -0.2) is 9.97 Å². The van der Waals surface area contributed by atoms with Crippen LogP contribution in [-0.2, 0) is 6.42 Å². The van der Waals surface area contributed by atoms with E-state index in [0.29, 0.717) is 5.56 Å². The molecule has 0 saturated heterocycles. The zero-order valence-electron chi connectivity index (χ0n) is 11.6. The maximum atomic E-state index is 13.5. The molecule has 0 amide bonds. The van der Waals surface area contributed by atoms with E-state index in [0.717, 1.165) is 28.6 Å². The minimum atomic E-state index is -0.299. The number of rotatable bonds is 3. The smallest absolute Gasteiger partial charge is 0.123 e. The van der Waals surface area contributed by atoms with Crippen LogP contribution in [0.1, 0.15) is 18.1 Å². The van der Waals surface area contributed by atoms with Crippen molar-refractivity contribution in [2.24, 2.45) is 5.73 Å². The first-order chi connectivity index (χ1) is 10.1. The molecule has 0 radical (unpaired) electrons. The first kappa shape index (κ1) is 13.8. The molecule has 106 valence electrons. The topological polar surface area (TPSA) is 41.8 Å². The quantitative estimate of drug-likeness (QED) is 0.713.